The molecule has 7 nitrogen and oxygen atoms in total. The van der Waals surface area contributed by atoms with E-state index in [1.54, 1.807) is 36.4 Å². The van der Waals surface area contributed by atoms with Gasteiger partial charge in [0.15, 0.2) is 0 Å². The van der Waals surface area contributed by atoms with E-state index in [-0.39, 0.29) is 25.5 Å². The number of carbonyl (C=O) groups is 3. The van der Waals surface area contributed by atoms with Crippen LogP contribution in [0.3, 0.4) is 0 Å². The minimum Gasteiger partial charge on any atom is -0.491 e. The number of rotatable bonds is 3. The van der Waals surface area contributed by atoms with Crippen molar-refractivity contribution in [1.29, 1.82) is 0 Å². The van der Waals surface area contributed by atoms with Crippen LogP contribution in [-0.2, 0) is 9.59 Å². The molecule has 26 heavy (non-hydrogen) atoms. The molecule has 134 valence electrons. The van der Waals surface area contributed by atoms with Gasteiger partial charge < -0.3 is 4.74 Å². The van der Waals surface area contributed by atoms with Crippen LogP contribution in [0.1, 0.15) is 22.3 Å². The standard InChI is InChI=1S/C19H19N3O4/c1-13-6-2-3-7-14(13)19(25)21-20-17(23)12-22-15-8-4-5-9-16(15)26-11-10-18(22)24/h2-9H,10-12H2,1H3,(H,20,23)(H,21,25). The molecule has 1 aliphatic rings. The van der Waals surface area contributed by atoms with Gasteiger partial charge in [-0.2, -0.15) is 0 Å². The molecule has 0 aromatic heterocycles. The number of hydrazine groups is 1. The number of hydrogen-bond acceptors (Lipinski definition) is 4. The van der Waals surface area contributed by atoms with Crippen LogP contribution in [0.5, 0.6) is 5.75 Å². The smallest absolute Gasteiger partial charge is 0.269 e. The summed E-state index contributed by atoms with van der Waals surface area (Å²) in [6, 6.07) is 14.1. The predicted octanol–water partition coefficient (Wildman–Crippen LogP) is 1.57. The van der Waals surface area contributed by atoms with Crippen LogP contribution in [0.4, 0.5) is 5.69 Å². The van der Waals surface area contributed by atoms with E-state index in [4.69, 9.17) is 4.74 Å². The number of nitrogens with zero attached hydrogens (tertiary/aromatic N) is 1. The van der Waals surface area contributed by atoms with Crippen molar-refractivity contribution < 1.29 is 19.1 Å². The van der Waals surface area contributed by atoms with Crippen LogP contribution in [-0.4, -0.2) is 30.9 Å². The first-order valence-electron chi connectivity index (χ1n) is 8.23. The van der Waals surface area contributed by atoms with Crippen molar-refractivity contribution in [3.8, 4) is 5.75 Å². The van der Waals surface area contributed by atoms with Crippen molar-refractivity contribution in [2.45, 2.75) is 13.3 Å². The molecule has 1 aliphatic heterocycles. The van der Waals surface area contributed by atoms with Gasteiger partial charge in [0.2, 0.25) is 5.91 Å². The largest absolute Gasteiger partial charge is 0.491 e. The molecule has 2 aromatic carbocycles. The Balaban J connectivity index is 1.65. The molecule has 0 saturated carbocycles. The Hall–Kier alpha value is -3.35. The molecule has 0 saturated heterocycles. The number of ether oxygens (including phenoxy) is 1. The number of nitrogens with one attached hydrogen (secondary N) is 2. The second-order valence-electron chi connectivity index (χ2n) is 5.86. The molecular formula is C19H19N3O4. The number of carbonyl (C=O) groups excluding carboxylic acids is 3. The van der Waals surface area contributed by atoms with Crippen molar-refractivity contribution >= 4 is 23.4 Å². The first-order chi connectivity index (χ1) is 12.6. The van der Waals surface area contributed by atoms with Crippen LogP contribution < -0.4 is 20.5 Å². The normalized spacial score (nSPS) is 13.3. The van der Waals surface area contributed by atoms with Gasteiger partial charge in [-0.05, 0) is 30.7 Å². The lowest BCUT2D eigenvalue weighted by Crippen LogP contribution is -2.47. The lowest BCUT2D eigenvalue weighted by Gasteiger charge is -2.21. The molecular weight excluding hydrogens is 334 g/mol. The van der Waals surface area contributed by atoms with Crippen molar-refractivity contribution in [2.24, 2.45) is 0 Å². The van der Waals surface area contributed by atoms with E-state index < -0.39 is 11.8 Å². The van der Waals surface area contributed by atoms with Crippen LogP contribution in [0, 0.1) is 6.92 Å². The molecule has 0 fully saturated rings. The molecule has 0 aliphatic carbocycles. The maximum atomic E-state index is 12.3. The molecule has 0 unspecified atom stereocenters. The topological polar surface area (TPSA) is 87.7 Å². The third-order valence-electron chi connectivity index (χ3n) is 4.04. The van der Waals surface area contributed by atoms with Crippen LogP contribution >= 0.6 is 0 Å². The number of para-hydroxylation sites is 2. The summed E-state index contributed by atoms with van der Waals surface area (Å²) >= 11 is 0. The van der Waals surface area contributed by atoms with E-state index in [0.29, 0.717) is 17.0 Å². The second kappa shape index (κ2) is 7.69. The summed E-state index contributed by atoms with van der Waals surface area (Å²) in [5, 5.41) is 0. The zero-order valence-electron chi connectivity index (χ0n) is 14.3. The molecule has 1 heterocycles. The van der Waals surface area contributed by atoms with E-state index in [1.807, 2.05) is 19.1 Å². The lowest BCUT2D eigenvalue weighted by molar-refractivity contribution is -0.124. The van der Waals surface area contributed by atoms with Gasteiger partial charge in [-0.25, -0.2) is 0 Å². The summed E-state index contributed by atoms with van der Waals surface area (Å²) < 4.78 is 5.54. The van der Waals surface area contributed by atoms with E-state index in [2.05, 4.69) is 10.9 Å². The summed E-state index contributed by atoms with van der Waals surface area (Å²) in [5.74, 6) is -0.579. The van der Waals surface area contributed by atoms with Crippen molar-refractivity contribution in [2.75, 3.05) is 18.1 Å². The van der Waals surface area contributed by atoms with Gasteiger partial charge in [-0.15, -0.1) is 0 Å². The fourth-order valence-electron chi connectivity index (χ4n) is 2.70. The number of aryl methyl sites for hydroxylation is 1. The van der Waals surface area contributed by atoms with Crippen LogP contribution in [0.25, 0.3) is 0 Å². The molecule has 0 radical (unpaired) electrons. The molecule has 0 spiro atoms. The van der Waals surface area contributed by atoms with E-state index in [1.165, 1.54) is 4.90 Å². The average molecular weight is 353 g/mol. The molecule has 0 bridgehead atoms. The average Bonchev–Trinajstić information content (AvgIpc) is 2.79. The SMILES string of the molecule is Cc1ccccc1C(=O)NNC(=O)CN1C(=O)CCOc2ccccc21. The summed E-state index contributed by atoms with van der Waals surface area (Å²) in [7, 11) is 0. The summed E-state index contributed by atoms with van der Waals surface area (Å²) in [6.45, 7) is 1.86. The third kappa shape index (κ3) is 3.83. The van der Waals surface area contributed by atoms with Gasteiger partial charge in [-0.3, -0.25) is 30.1 Å². The number of benzene rings is 2. The molecule has 2 N–H and O–H groups in total. The molecule has 3 rings (SSSR count). The number of amides is 3. The quantitative estimate of drug-likeness (QED) is 0.820. The van der Waals surface area contributed by atoms with Gasteiger partial charge in [0, 0.05) is 5.56 Å². The molecule has 7 heteroatoms. The molecule has 0 atom stereocenters. The Bertz CT molecular complexity index is 850. The maximum absolute atomic E-state index is 12.3. The Labute approximate surface area is 150 Å². The summed E-state index contributed by atoms with van der Waals surface area (Å²) in [6.07, 6.45) is 0.178. The Morgan fingerprint density at radius 2 is 1.81 bits per heavy atom. The van der Waals surface area contributed by atoms with E-state index >= 15 is 0 Å². The highest BCUT2D eigenvalue weighted by molar-refractivity contribution is 6.01. The van der Waals surface area contributed by atoms with Crippen molar-refractivity contribution in [3.63, 3.8) is 0 Å². The lowest BCUT2D eigenvalue weighted by atomic mass is 10.1. The number of fused-ring (bicyclic) bond motifs is 1. The van der Waals surface area contributed by atoms with E-state index in [9.17, 15) is 14.4 Å². The zero-order chi connectivity index (χ0) is 18.5. The Morgan fingerprint density at radius 3 is 2.62 bits per heavy atom. The summed E-state index contributed by atoms with van der Waals surface area (Å²) in [5.41, 5.74) is 6.54. The minimum atomic E-state index is -0.503. The maximum Gasteiger partial charge on any atom is 0.269 e. The van der Waals surface area contributed by atoms with Crippen LogP contribution in [0.15, 0.2) is 48.5 Å². The van der Waals surface area contributed by atoms with Crippen LogP contribution in [0.2, 0.25) is 0 Å². The van der Waals surface area contributed by atoms with Gasteiger partial charge in [0.25, 0.3) is 11.8 Å². The second-order valence-corrected chi connectivity index (χ2v) is 5.86. The van der Waals surface area contributed by atoms with E-state index in [0.717, 1.165) is 5.56 Å². The highest BCUT2D eigenvalue weighted by atomic mass is 16.5. The molecule has 2 aromatic rings. The Morgan fingerprint density at radius 1 is 1.08 bits per heavy atom. The highest BCUT2D eigenvalue weighted by Gasteiger charge is 2.25. The first kappa shape index (κ1) is 17.5. The van der Waals surface area contributed by atoms with Gasteiger partial charge in [-0.1, -0.05) is 30.3 Å². The van der Waals surface area contributed by atoms with Gasteiger partial charge in [0.05, 0.1) is 18.7 Å². The summed E-state index contributed by atoms with van der Waals surface area (Å²) in [4.78, 5) is 38.0. The fourth-order valence-corrected chi connectivity index (χ4v) is 2.70. The Kier molecular flexibility index (Phi) is 5.17. The molecule has 3 amide bonds. The minimum absolute atomic E-state index is 0.178. The predicted molar refractivity (Wildman–Crippen MR) is 95.7 cm³/mol. The number of hydrogen-bond donors (Lipinski definition) is 2. The number of anilines is 1. The van der Waals surface area contributed by atoms with Crippen molar-refractivity contribution in [1.82, 2.24) is 10.9 Å². The third-order valence-corrected chi connectivity index (χ3v) is 4.04. The zero-order valence-corrected chi connectivity index (χ0v) is 14.3. The fraction of sp³-hybridized carbons (Fsp3) is 0.211. The monoisotopic (exact) mass is 353 g/mol. The van der Waals surface area contributed by atoms with Crippen molar-refractivity contribution in [3.05, 3.63) is 59.7 Å². The first-order valence-corrected chi connectivity index (χ1v) is 8.23. The van der Waals surface area contributed by atoms with Gasteiger partial charge >= 0.3 is 0 Å². The highest BCUT2D eigenvalue weighted by Crippen LogP contribution is 2.30. The van der Waals surface area contributed by atoms with Gasteiger partial charge in [0.1, 0.15) is 12.3 Å².